The molecule has 2 heterocycles. The lowest BCUT2D eigenvalue weighted by Gasteiger charge is -2.26. The zero-order chi connectivity index (χ0) is 34.2. The lowest BCUT2D eigenvalue weighted by molar-refractivity contribution is -0.142. The van der Waals surface area contributed by atoms with Crippen molar-refractivity contribution >= 4 is 45.5 Å². The van der Waals surface area contributed by atoms with E-state index >= 15 is 0 Å². The minimum atomic E-state index is -1.16. The Bertz CT molecular complexity index is 1880. The van der Waals surface area contributed by atoms with E-state index in [4.69, 9.17) is 5.73 Å². The SMILES string of the molecule is CC(C)CC(NC(=O)C(Cc1c[nH]c2ccccc12)NC(=O)C(Cc1c[nH]c2ccccc12)NC(=O)C(N)Cc1ccccc1)C(=O)O. The molecule has 0 saturated carbocycles. The van der Waals surface area contributed by atoms with Crippen LogP contribution in [0.3, 0.4) is 0 Å². The molecule has 250 valence electrons. The molecule has 8 N–H and O–H groups in total. The number of hydrogen-bond donors (Lipinski definition) is 7. The van der Waals surface area contributed by atoms with Gasteiger partial charge in [0.05, 0.1) is 6.04 Å². The third-order valence-electron chi connectivity index (χ3n) is 8.42. The van der Waals surface area contributed by atoms with Crippen LogP contribution in [0.1, 0.15) is 37.0 Å². The van der Waals surface area contributed by atoms with Gasteiger partial charge in [0.15, 0.2) is 0 Å². The van der Waals surface area contributed by atoms with Crippen molar-refractivity contribution in [3.05, 3.63) is 108 Å². The minimum Gasteiger partial charge on any atom is -0.480 e. The number of carbonyl (C=O) groups is 4. The summed E-state index contributed by atoms with van der Waals surface area (Å²) in [5.41, 5.74) is 10.5. The Balaban J connectivity index is 1.42. The molecule has 0 aliphatic carbocycles. The number of benzene rings is 3. The number of nitrogens with one attached hydrogen (secondary N) is 5. The van der Waals surface area contributed by atoms with Gasteiger partial charge in [-0.25, -0.2) is 4.79 Å². The molecule has 2 aromatic heterocycles. The molecular weight excluding hydrogens is 608 g/mol. The third kappa shape index (κ3) is 8.48. The monoisotopic (exact) mass is 650 g/mol. The molecule has 3 amide bonds. The van der Waals surface area contributed by atoms with E-state index in [-0.39, 0.29) is 31.6 Å². The molecule has 0 spiro atoms. The van der Waals surface area contributed by atoms with Gasteiger partial charge in [-0.15, -0.1) is 0 Å². The van der Waals surface area contributed by atoms with Gasteiger partial charge in [-0.3, -0.25) is 14.4 Å². The highest BCUT2D eigenvalue weighted by atomic mass is 16.4. The second kappa shape index (κ2) is 15.4. The van der Waals surface area contributed by atoms with E-state index in [1.807, 2.05) is 92.7 Å². The highest BCUT2D eigenvalue weighted by molar-refractivity contribution is 5.95. The summed E-state index contributed by atoms with van der Waals surface area (Å²) >= 11 is 0. The van der Waals surface area contributed by atoms with E-state index in [9.17, 15) is 24.3 Å². The van der Waals surface area contributed by atoms with Crippen LogP contribution in [0.15, 0.2) is 91.3 Å². The van der Waals surface area contributed by atoms with Gasteiger partial charge < -0.3 is 36.8 Å². The molecule has 4 atom stereocenters. The molecular formula is C37H42N6O5. The zero-order valence-corrected chi connectivity index (χ0v) is 27.0. The van der Waals surface area contributed by atoms with Crippen molar-refractivity contribution in [2.45, 2.75) is 63.7 Å². The van der Waals surface area contributed by atoms with Crippen molar-refractivity contribution in [1.29, 1.82) is 0 Å². The number of carboxylic acid groups (broad SMARTS) is 1. The maximum Gasteiger partial charge on any atom is 0.326 e. The zero-order valence-electron chi connectivity index (χ0n) is 27.0. The van der Waals surface area contributed by atoms with Crippen molar-refractivity contribution < 1.29 is 24.3 Å². The highest BCUT2D eigenvalue weighted by Crippen LogP contribution is 2.21. The lowest BCUT2D eigenvalue weighted by Crippen LogP contribution is -2.58. The van der Waals surface area contributed by atoms with Gasteiger partial charge in [0.2, 0.25) is 17.7 Å². The predicted octanol–water partition coefficient (Wildman–Crippen LogP) is 3.59. The molecule has 0 bridgehead atoms. The fraction of sp³-hybridized carbons (Fsp3) is 0.297. The van der Waals surface area contributed by atoms with E-state index in [1.165, 1.54) is 0 Å². The van der Waals surface area contributed by atoms with Crippen molar-refractivity contribution in [1.82, 2.24) is 25.9 Å². The average molecular weight is 651 g/mol. The van der Waals surface area contributed by atoms with Crippen molar-refractivity contribution in [3.63, 3.8) is 0 Å². The van der Waals surface area contributed by atoms with Crippen LogP contribution in [0.2, 0.25) is 0 Å². The Labute approximate surface area is 278 Å². The number of rotatable bonds is 15. The first-order chi connectivity index (χ1) is 23.1. The number of para-hydroxylation sites is 2. The maximum absolute atomic E-state index is 14.1. The minimum absolute atomic E-state index is 0.00363. The summed E-state index contributed by atoms with van der Waals surface area (Å²) in [4.78, 5) is 59.8. The van der Waals surface area contributed by atoms with E-state index in [0.717, 1.165) is 38.5 Å². The van der Waals surface area contributed by atoms with Crippen molar-refractivity contribution in [2.75, 3.05) is 0 Å². The van der Waals surface area contributed by atoms with E-state index in [2.05, 4.69) is 25.9 Å². The second-order valence-electron chi connectivity index (χ2n) is 12.6. The van der Waals surface area contributed by atoms with Gasteiger partial charge in [0, 0.05) is 47.0 Å². The fourth-order valence-corrected chi connectivity index (χ4v) is 5.94. The Morgan fingerprint density at radius 3 is 1.60 bits per heavy atom. The molecule has 0 aliphatic rings. The number of aromatic nitrogens is 2. The lowest BCUT2D eigenvalue weighted by atomic mass is 9.99. The molecule has 3 aromatic carbocycles. The summed E-state index contributed by atoms with van der Waals surface area (Å²) in [7, 11) is 0. The van der Waals surface area contributed by atoms with Gasteiger partial charge in [-0.1, -0.05) is 80.6 Å². The Morgan fingerprint density at radius 1 is 0.646 bits per heavy atom. The number of carboxylic acids is 1. The quantitative estimate of drug-likeness (QED) is 0.0909. The predicted molar refractivity (Wildman–Crippen MR) is 185 cm³/mol. The standard InChI is InChI=1S/C37H42N6O5/c1-22(2)16-33(37(47)48)43-36(46)32(19-25-21-40-30-15-9-7-13-27(25)30)42-35(45)31(18-24-20-39-29-14-8-6-12-26(24)29)41-34(44)28(38)17-23-10-4-3-5-11-23/h3-15,20-22,28,31-33,39-40H,16-19,38H2,1-2H3,(H,41,44)(H,42,45)(H,43,46)(H,47,48). The Kier molecular flexibility index (Phi) is 10.9. The molecule has 11 nitrogen and oxygen atoms in total. The van der Waals surface area contributed by atoms with Crippen LogP contribution in [0.5, 0.6) is 0 Å². The second-order valence-corrected chi connectivity index (χ2v) is 12.6. The van der Waals surface area contributed by atoms with Crippen LogP contribution in [-0.4, -0.2) is 62.9 Å². The highest BCUT2D eigenvalue weighted by Gasteiger charge is 2.32. The summed E-state index contributed by atoms with van der Waals surface area (Å²) in [6, 6.07) is 20.2. The van der Waals surface area contributed by atoms with Crippen LogP contribution < -0.4 is 21.7 Å². The maximum atomic E-state index is 14.1. The van der Waals surface area contributed by atoms with Crippen LogP contribution in [0, 0.1) is 5.92 Å². The average Bonchev–Trinajstić information content (AvgIpc) is 3.67. The number of H-pyrrole nitrogens is 2. The number of amides is 3. The largest absolute Gasteiger partial charge is 0.480 e. The van der Waals surface area contributed by atoms with Crippen molar-refractivity contribution in [2.24, 2.45) is 11.7 Å². The summed E-state index contributed by atoms with van der Waals surface area (Å²) in [6.07, 6.45) is 4.25. The third-order valence-corrected chi connectivity index (χ3v) is 8.42. The molecule has 0 saturated heterocycles. The molecule has 0 radical (unpaired) electrons. The van der Waals surface area contributed by atoms with Crippen molar-refractivity contribution in [3.8, 4) is 0 Å². The van der Waals surface area contributed by atoms with Gasteiger partial charge in [-0.05, 0) is 47.6 Å². The van der Waals surface area contributed by atoms with Gasteiger partial charge in [0.25, 0.3) is 0 Å². The Hall–Kier alpha value is -5.42. The van der Waals surface area contributed by atoms with E-state index in [0.29, 0.717) is 0 Å². The number of aliphatic carboxylic acids is 1. The van der Waals surface area contributed by atoms with E-state index in [1.54, 1.807) is 12.4 Å². The number of nitrogens with two attached hydrogens (primary N) is 1. The summed E-state index contributed by atoms with van der Waals surface area (Å²) in [5, 5.41) is 19.9. The van der Waals surface area contributed by atoms with E-state index < -0.39 is 47.9 Å². The van der Waals surface area contributed by atoms with Gasteiger partial charge in [0.1, 0.15) is 18.1 Å². The molecule has 5 aromatic rings. The smallest absolute Gasteiger partial charge is 0.326 e. The topological polar surface area (TPSA) is 182 Å². The first kappa shape index (κ1) is 33.9. The number of fused-ring (bicyclic) bond motifs is 2. The molecule has 5 rings (SSSR count). The first-order valence-corrected chi connectivity index (χ1v) is 16.1. The van der Waals surface area contributed by atoms with Gasteiger partial charge >= 0.3 is 5.97 Å². The number of hydrogen-bond acceptors (Lipinski definition) is 5. The molecule has 11 heteroatoms. The molecule has 0 fully saturated rings. The van der Waals surface area contributed by atoms with Crippen LogP contribution in [0.4, 0.5) is 0 Å². The summed E-state index contributed by atoms with van der Waals surface area (Å²) in [6.45, 7) is 3.74. The van der Waals surface area contributed by atoms with Crippen LogP contribution >= 0.6 is 0 Å². The first-order valence-electron chi connectivity index (χ1n) is 16.1. The molecule has 48 heavy (non-hydrogen) atoms. The van der Waals surface area contributed by atoms with Crippen LogP contribution in [-0.2, 0) is 38.4 Å². The number of aromatic amines is 2. The summed E-state index contributed by atoms with van der Waals surface area (Å²) in [5.74, 6) is -2.91. The van der Waals surface area contributed by atoms with Gasteiger partial charge in [-0.2, -0.15) is 0 Å². The fourth-order valence-electron chi connectivity index (χ4n) is 5.94. The molecule has 0 aliphatic heterocycles. The number of carbonyl (C=O) groups excluding carboxylic acids is 3. The Morgan fingerprint density at radius 2 is 1.10 bits per heavy atom. The summed E-state index contributed by atoms with van der Waals surface area (Å²) < 4.78 is 0. The normalized spacial score (nSPS) is 13.9. The molecule has 4 unspecified atom stereocenters. The van der Waals surface area contributed by atoms with Crippen LogP contribution in [0.25, 0.3) is 21.8 Å².